The number of rotatable bonds is 2. The van der Waals surface area contributed by atoms with Crippen LogP contribution in [-0.2, 0) is 7.05 Å². The highest BCUT2D eigenvalue weighted by atomic mass is 16.2. The average molecular weight is 222 g/mol. The number of carbonyl (C=O) groups is 1. The zero-order chi connectivity index (χ0) is 11.5. The van der Waals surface area contributed by atoms with Crippen molar-refractivity contribution in [3.63, 3.8) is 0 Å². The van der Waals surface area contributed by atoms with Gasteiger partial charge >= 0.3 is 0 Å². The fraction of sp³-hybridized carbons (Fsp3) is 0.636. The first kappa shape index (κ1) is 11.1. The summed E-state index contributed by atoms with van der Waals surface area (Å²) in [5.74, 6) is 0.00861. The molecule has 16 heavy (non-hydrogen) atoms. The Morgan fingerprint density at radius 1 is 1.69 bits per heavy atom. The third kappa shape index (κ3) is 2.24. The highest BCUT2D eigenvalue weighted by molar-refractivity contribution is 5.92. The number of piperidine rings is 1. The molecule has 88 valence electrons. The van der Waals surface area contributed by atoms with Crippen molar-refractivity contribution in [2.24, 2.45) is 7.05 Å². The summed E-state index contributed by atoms with van der Waals surface area (Å²) in [6.45, 7) is 1.94. The van der Waals surface area contributed by atoms with E-state index in [1.807, 2.05) is 14.1 Å². The minimum Gasteiger partial charge on any atom is -0.336 e. The molecule has 0 aromatic carbocycles. The van der Waals surface area contributed by atoms with E-state index in [1.54, 1.807) is 21.8 Å². The van der Waals surface area contributed by atoms with Crippen LogP contribution >= 0.6 is 0 Å². The maximum atomic E-state index is 12.1. The average Bonchev–Trinajstić information content (AvgIpc) is 2.75. The van der Waals surface area contributed by atoms with E-state index in [9.17, 15) is 4.79 Å². The molecule has 5 heteroatoms. The second-order valence-electron chi connectivity index (χ2n) is 4.29. The summed E-state index contributed by atoms with van der Waals surface area (Å²) >= 11 is 0. The minimum atomic E-state index is 0.00861. The highest BCUT2D eigenvalue weighted by Crippen LogP contribution is 2.11. The third-order valence-corrected chi connectivity index (χ3v) is 3.07. The number of amides is 1. The lowest BCUT2D eigenvalue weighted by molar-refractivity contribution is 0.0701. The number of aryl methyl sites for hydroxylation is 1. The fourth-order valence-electron chi connectivity index (χ4n) is 2.04. The molecule has 1 aromatic rings. The maximum Gasteiger partial charge on any atom is 0.274 e. The van der Waals surface area contributed by atoms with Crippen molar-refractivity contribution in [3.8, 4) is 0 Å². The van der Waals surface area contributed by atoms with Gasteiger partial charge in [-0.2, -0.15) is 5.10 Å². The smallest absolute Gasteiger partial charge is 0.274 e. The van der Waals surface area contributed by atoms with Gasteiger partial charge in [-0.15, -0.1) is 0 Å². The summed E-state index contributed by atoms with van der Waals surface area (Å²) in [6.07, 6.45) is 3.99. The Morgan fingerprint density at radius 3 is 3.06 bits per heavy atom. The molecule has 2 heterocycles. The van der Waals surface area contributed by atoms with Gasteiger partial charge in [0, 0.05) is 32.9 Å². The van der Waals surface area contributed by atoms with Crippen molar-refractivity contribution < 1.29 is 4.79 Å². The van der Waals surface area contributed by atoms with Gasteiger partial charge in [0.15, 0.2) is 0 Å². The largest absolute Gasteiger partial charge is 0.336 e. The summed E-state index contributed by atoms with van der Waals surface area (Å²) < 4.78 is 1.65. The van der Waals surface area contributed by atoms with Gasteiger partial charge in [-0.25, -0.2) is 0 Å². The Balaban J connectivity index is 2.03. The second-order valence-corrected chi connectivity index (χ2v) is 4.29. The molecule has 2 rings (SSSR count). The number of likely N-dealkylation sites (N-methyl/N-ethyl adjacent to an activating group) is 1. The Kier molecular flexibility index (Phi) is 3.24. The molecule has 1 aliphatic rings. The van der Waals surface area contributed by atoms with E-state index in [0.717, 1.165) is 25.9 Å². The van der Waals surface area contributed by atoms with Crippen molar-refractivity contribution in [2.45, 2.75) is 18.9 Å². The van der Waals surface area contributed by atoms with E-state index >= 15 is 0 Å². The lowest BCUT2D eigenvalue weighted by Gasteiger charge is -2.31. The molecule has 1 saturated heterocycles. The van der Waals surface area contributed by atoms with E-state index in [0.29, 0.717) is 11.7 Å². The van der Waals surface area contributed by atoms with E-state index in [4.69, 9.17) is 0 Å². The molecule has 1 unspecified atom stereocenters. The zero-order valence-electron chi connectivity index (χ0n) is 9.81. The summed E-state index contributed by atoms with van der Waals surface area (Å²) in [5, 5.41) is 7.44. The van der Waals surface area contributed by atoms with Crippen LogP contribution in [0.2, 0.25) is 0 Å². The topological polar surface area (TPSA) is 50.2 Å². The van der Waals surface area contributed by atoms with Gasteiger partial charge in [-0.05, 0) is 25.5 Å². The summed E-state index contributed by atoms with van der Waals surface area (Å²) in [6, 6.07) is 2.05. The molecule has 1 fully saturated rings. The molecule has 1 aliphatic heterocycles. The number of nitrogens with one attached hydrogen (secondary N) is 1. The third-order valence-electron chi connectivity index (χ3n) is 3.07. The maximum absolute atomic E-state index is 12.1. The quantitative estimate of drug-likeness (QED) is 0.780. The minimum absolute atomic E-state index is 0.00861. The normalized spacial score (nSPS) is 20.8. The van der Waals surface area contributed by atoms with Crippen LogP contribution in [-0.4, -0.2) is 46.8 Å². The van der Waals surface area contributed by atoms with Gasteiger partial charge in [0.2, 0.25) is 0 Å². The van der Waals surface area contributed by atoms with Gasteiger partial charge in [0.25, 0.3) is 5.91 Å². The number of hydrogen-bond acceptors (Lipinski definition) is 3. The first-order valence-corrected chi connectivity index (χ1v) is 5.66. The van der Waals surface area contributed by atoms with Gasteiger partial charge in [-0.1, -0.05) is 0 Å². The molecule has 1 amide bonds. The Bertz CT molecular complexity index is 368. The van der Waals surface area contributed by atoms with Crippen molar-refractivity contribution >= 4 is 5.91 Å². The zero-order valence-corrected chi connectivity index (χ0v) is 9.81. The lowest BCUT2D eigenvalue weighted by Crippen LogP contribution is -2.46. The molecular formula is C11H18N4O. The molecule has 0 aliphatic carbocycles. The van der Waals surface area contributed by atoms with Crippen LogP contribution in [0.25, 0.3) is 0 Å². The van der Waals surface area contributed by atoms with Crippen molar-refractivity contribution in [2.75, 3.05) is 20.1 Å². The van der Waals surface area contributed by atoms with Crippen molar-refractivity contribution in [3.05, 3.63) is 18.0 Å². The monoisotopic (exact) mass is 222 g/mol. The van der Waals surface area contributed by atoms with E-state index < -0.39 is 0 Å². The molecule has 5 nitrogen and oxygen atoms in total. The summed E-state index contributed by atoms with van der Waals surface area (Å²) in [4.78, 5) is 13.9. The first-order chi connectivity index (χ1) is 7.68. The number of carbonyl (C=O) groups excluding carboxylic acids is 1. The van der Waals surface area contributed by atoms with Crippen molar-refractivity contribution in [1.29, 1.82) is 0 Å². The first-order valence-electron chi connectivity index (χ1n) is 5.66. The van der Waals surface area contributed by atoms with Gasteiger partial charge < -0.3 is 10.2 Å². The summed E-state index contributed by atoms with van der Waals surface area (Å²) in [5.41, 5.74) is 0.524. The van der Waals surface area contributed by atoms with Gasteiger partial charge in [0.05, 0.1) is 0 Å². The number of nitrogens with zero attached hydrogens (tertiary/aromatic N) is 3. The Hall–Kier alpha value is -1.36. The van der Waals surface area contributed by atoms with Crippen LogP contribution in [0.5, 0.6) is 0 Å². The molecule has 1 N–H and O–H groups in total. The van der Waals surface area contributed by atoms with Crippen molar-refractivity contribution in [1.82, 2.24) is 20.0 Å². The van der Waals surface area contributed by atoms with Gasteiger partial charge in [-0.3, -0.25) is 9.48 Å². The molecule has 1 atom stereocenters. The van der Waals surface area contributed by atoms with E-state index in [2.05, 4.69) is 10.4 Å². The van der Waals surface area contributed by atoms with Crippen LogP contribution in [0.3, 0.4) is 0 Å². The summed E-state index contributed by atoms with van der Waals surface area (Å²) in [7, 11) is 3.67. The number of hydrogen-bond donors (Lipinski definition) is 1. The predicted molar refractivity (Wildman–Crippen MR) is 61.2 cm³/mol. The van der Waals surface area contributed by atoms with Crippen LogP contribution in [0.1, 0.15) is 23.3 Å². The fourth-order valence-corrected chi connectivity index (χ4v) is 2.04. The van der Waals surface area contributed by atoms with Crippen LogP contribution in [0, 0.1) is 0 Å². The molecule has 1 aromatic heterocycles. The highest BCUT2D eigenvalue weighted by Gasteiger charge is 2.23. The van der Waals surface area contributed by atoms with Gasteiger partial charge in [0.1, 0.15) is 5.69 Å². The molecule has 0 spiro atoms. The molecule has 0 bridgehead atoms. The SMILES string of the molecule is CN(C(=O)c1ccn(C)n1)C1CCCNC1. The van der Waals surface area contributed by atoms with Crippen LogP contribution in [0.4, 0.5) is 0 Å². The standard InChI is InChI=1S/C11H18N4O/c1-14-7-5-10(13-14)11(16)15(2)9-4-3-6-12-8-9/h5,7,9,12H,3-4,6,8H2,1-2H3. The van der Waals surface area contributed by atoms with Crippen LogP contribution < -0.4 is 5.32 Å². The van der Waals surface area contributed by atoms with E-state index in [-0.39, 0.29) is 5.91 Å². The predicted octanol–water partition coefficient (Wildman–Crippen LogP) is 0.244. The molecule has 0 saturated carbocycles. The second kappa shape index (κ2) is 4.65. The molecule has 0 radical (unpaired) electrons. The Morgan fingerprint density at radius 2 is 2.50 bits per heavy atom. The van der Waals surface area contributed by atoms with Crippen LogP contribution in [0.15, 0.2) is 12.3 Å². The Labute approximate surface area is 95.4 Å². The van der Waals surface area contributed by atoms with E-state index in [1.165, 1.54) is 0 Å². The number of aromatic nitrogens is 2. The molecular weight excluding hydrogens is 204 g/mol. The lowest BCUT2D eigenvalue weighted by atomic mass is 10.1.